The molecule has 122 valence electrons. The molecule has 5 N–H and O–H groups in total. The molecule has 0 aliphatic heterocycles. The number of carboxylic acid groups (broad SMARTS) is 1. The monoisotopic (exact) mass is 329 g/mol. The van der Waals surface area contributed by atoms with E-state index in [2.05, 4.69) is 0 Å². The van der Waals surface area contributed by atoms with Gasteiger partial charge in [-0.1, -0.05) is 24.4 Å². The lowest BCUT2D eigenvalue weighted by molar-refractivity contribution is -0.144. The highest BCUT2D eigenvalue weighted by Crippen LogP contribution is 2.20. The maximum atomic E-state index is 11.3. The van der Waals surface area contributed by atoms with Gasteiger partial charge in [-0.2, -0.15) is 0 Å². The molecule has 8 heteroatoms. The molecule has 0 fully saturated rings. The minimum absolute atomic E-state index is 0.159. The predicted octanol–water partition coefficient (Wildman–Crippen LogP) is 1.53. The van der Waals surface area contributed by atoms with E-state index in [0.29, 0.717) is 23.6 Å². The Morgan fingerprint density at radius 2 is 1.86 bits per heavy atom. The summed E-state index contributed by atoms with van der Waals surface area (Å²) < 4.78 is 5.47. The molecule has 0 aliphatic carbocycles. The van der Waals surface area contributed by atoms with Crippen molar-refractivity contribution in [3.63, 3.8) is 0 Å². The molecule has 0 amide bonds. The van der Waals surface area contributed by atoms with E-state index >= 15 is 0 Å². The molecule has 0 saturated carbocycles. The van der Waals surface area contributed by atoms with Crippen molar-refractivity contribution < 1.29 is 24.7 Å². The van der Waals surface area contributed by atoms with Gasteiger partial charge in [-0.05, 0) is 37.0 Å². The van der Waals surface area contributed by atoms with Crippen molar-refractivity contribution in [3.8, 4) is 5.75 Å². The quantitative estimate of drug-likeness (QED) is 0.382. The van der Waals surface area contributed by atoms with E-state index in [0.717, 1.165) is 0 Å². The molecule has 1 atom stereocenters. The number of ether oxygens (including phenoxy) is 1. The van der Waals surface area contributed by atoms with Gasteiger partial charge in [-0.3, -0.25) is 4.79 Å². The van der Waals surface area contributed by atoms with Crippen LogP contribution in [-0.2, 0) is 4.79 Å². The molecular weight excluding hydrogens is 308 g/mol. The van der Waals surface area contributed by atoms with Crippen molar-refractivity contribution in [1.29, 1.82) is 0 Å². The van der Waals surface area contributed by atoms with Crippen molar-refractivity contribution in [2.45, 2.75) is 37.5 Å². The van der Waals surface area contributed by atoms with Gasteiger partial charge in [0.25, 0.3) is 0 Å². The molecule has 22 heavy (non-hydrogen) atoms. The molecular formula is C14H21BClNO5. The van der Waals surface area contributed by atoms with Gasteiger partial charge in [0.05, 0.1) is 6.61 Å². The number of benzene rings is 1. The normalized spacial score (nSPS) is 13.5. The van der Waals surface area contributed by atoms with Crippen LogP contribution in [0.15, 0.2) is 24.3 Å². The van der Waals surface area contributed by atoms with E-state index in [1.165, 1.54) is 0 Å². The average molecular weight is 330 g/mol. The summed E-state index contributed by atoms with van der Waals surface area (Å²) in [5.41, 5.74) is 4.54. The van der Waals surface area contributed by atoms with Crippen LogP contribution in [0.2, 0.25) is 11.3 Å². The number of aliphatic carboxylic acids is 1. The lowest BCUT2D eigenvalue weighted by atomic mass is 9.81. The number of hydrogen-bond acceptors (Lipinski definition) is 5. The summed E-state index contributed by atoms with van der Waals surface area (Å²) >= 11 is 5.76. The Bertz CT molecular complexity index is 471. The molecule has 1 aromatic carbocycles. The van der Waals surface area contributed by atoms with E-state index in [1.807, 2.05) is 0 Å². The van der Waals surface area contributed by atoms with Gasteiger partial charge in [0.2, 0.25) is 0 Å². The van der Waals surface area contributed by atoms with E-state index in [-0.39, 0.29) is 25.8 Å². The molecule has 0 aromatic heterocycles. The molecule has 0 spiro atoms. The highest BCUT2D eigenvalue weighted by Gasteiger charge is 2.33. The minimum Gasteiger partial charge on any atom is -0.494 e. The van der Waals surface area contributed by atoms with Gasteiger partial charge in [-0.25, -0.2) is 0 Å². The van der Waals surface area contributed by atoms with Crippen molar-refractivity contribution in [1.82, 2.24) is 0 Å². The molecule has 0 bridgehead atoms. The second-order valence-electron chi connectivity index (χ2n) is 5.24. The van der Waals surface area contributed by atoms with E-state index < -0.39 is 18.6 Å². The summed E-state index contributed by atoms with van der Waals surface area (Å²) in [6.07, 6.45) is 1.62. The number of hydrogen-bond donors (Lipinski definition) is 4. The first-order valence-corrected chi connectivity index (χ1v) is 7.48. The fourth-order valence-electron chi connectivity index (χ4n) is 1.99. The Morgan fingerprint density at radius 3 is 2.41 bits per heavy atom. The van der Waals surface area contributed by atoms with Gasteiger partial charge < -0.3 is 25.6 Å². The van der Waals surface area contributed by atoms with Crippen LogP contribution in [0, 0.1) is 0 Å². The van der Waals surface area contributed by atoms with Crippen molar-refractivity contribution >= 4 is 24.7 Å². The van der Waals surface area contributed by atoms with E-state index in [1.54, 1.807) is 24.3 Å². The number of halogens is 1. The summed E-state index contributed by atoms with van der Waals surface area (Å²) in [6, 6.07) is 6.77. The fourth-order valence-corrected chi connectivity index (χ4v) is 2.11. The van der Waals surface area contributed by atoms with Crippen LogP contribution in [0.5, 0.6) is 5.75 Å². The smallest absolute Gasteiger partial charge is 0.451 e. The zero-order valence-electron chi connectivity index (χ0n) is 12.2. The zero-order valence-corrected chi connectivity index (χ0v) is 13.0. The second-order valence-corrected chi connectivity index (χ2v) is 5.68. The highest BCUT2D eigenvalue weighted by molar-refractivity contribution is 6.40. The number of rotatable bonds is 10. The first kappa shape index (κ1) is 18.8. The van der Waals surface area contributed by atoms with Crippen molar-refractivity contribution in [2.75, 3.05) is 6.61 Å². The SMILES string of the molecule is NC(CCCCB(O)O)(CCOc1ccc(Cl)cc1)C(=O)O. The summed E-state index contributed by atoms with van der Waals surface area (Å²) in [4.78, 5) is 11.3. The Hall–Kier alpha value is -1.28. The van der Waals surface area contributed by atoms with E-state index in [4.69, 9.17) is 32.1 Å². The van der Waals surface area contributed by atoms with Crippen LogP contribution in [0.1, 0.15) is 25.7 Å². The van der Waals surface area contributed by atoms with Gasteiger partial charge >= 0.3 is 13.1 Å². The fraction of sp³-hybridized carbons (Fsp3) is 0.500. The molecule has 0 saturated heterocycles. The third-order valence-electron chi connectivity index (χ3n) is 3.39. The Labute approximate surface area is 135 Å². The number of carbonyl (C=O) groups is 1. The molecule has 1 unspecified atom stereocenters. The van der Waals surface area contributed by atoms with Crippen LogP contribution in [0.4, 0.5) is 0 Å². The van der Waals surface area contributed by atoms with Gasteiger partial charge in [-0.15, -0.1) is 0 Å². The summed E-state index contributed by atoms with van der Waals surface area (Å²) in [7, 11) is -1.37. The maximum Gasteiger partial charge on any atom is 0.451 e. The largest absolute Gasteiger partial charge is 0.494 e. The lowest BCUT2D eigenvalue weighted by Gasteiger charge is -2.24. The third-order valence-corrected chi connectivity index (χ3v) is 3.64. The Morgan fingerprint density at radius 1 is 1.23 bits per heavy atom. The second kappa shape index (κ2) is 9.00. The molecule has 1 rings (SSSR count). The van der Waals surface area contributed by atoms with Crippen molar-refractivity contribution in [2.24, 2.45) is 5.73 Å². The first-order chi connectivity index (χ1) is 10.3. The molecule has 1 aromatic rings. The summed E-state index contributed by atoms with van der Waals surface area (Å²) in [5.74, 6) is -0.489. The topological polar surface area (TPSA) is 113 Å². The van der Waals surface area contributed by atoms with Crippen LogP contribution in [-0.4, -0.2) is 40.4 Å². The molecule has 6 nitrogen and oxygen atoms in total. The lowest BCUT2D eigenvalue weighted by Crippen LogP contribution is -2.49. The molecule has 0 heterocycles. The van der Waals surface area contributed by atoms with Gasteiger partial charge in [0.1, 0.15) is 11.3 Å². The number of carboxylic acids is 1. The third kappa shape index (κ3) is 6.66. The summed E-state index contributed by atoms with van der Waals surface area (Å²) in [5, 5.41) is 27.4. The van der Waals surface area contributed by atoms with Gasteiger partial charge in [0, 0.05) is 11.4 Å². The average Bonchev–Trinajstić information content (AvgIpc) is 2.45. The molecule has 0 radical (unpaired) electrons. The van der Waals surface area contributed by atoms with Crippen LogP contribution in [0.25, 0.3) is 0 Å². The number of unbranched alkanes of at least 4 members (excludes halogenated alkanes) is 1. The number of nitrogens with two attached hydrogens (primary N) is 1. The predicted molar refractivity (Wildman–Crippen MR) is 85.0 cm³/mol. The zero-order chi connectivity index (χ0) is 16.6. The molecule has 0 aliphatic rings. The first-order valence-electron chi connectivity index (χ1n) is 7.10. The van der Waals surface area contributed by atoms with Crippen molar-refractivity contribution in [3.05, 3.63) is 29.3 Å². The van der Waals surface area contributed by atoms with Crippen LogP contribution < -0.4 is 10.5 Å². The van der Waals surface area contributed by atoms with Crippen LogP contribution >= 0.6 is 11.6 Å². The van der Waals surface area contributed by atoms with Gasteiger partial charge in [0.15, 0.2) is 0 Å². The minimum atomic E-state index is -1.38. The maximum absolute atomic E-state index is 11.3. The standard InChI is InChI=1S/C14H21BClNO5/c16-11-3-5-12(6-4-11)22-10-8-14(17,13(18)19)7-1-2-9-15(20)21/h3-6,20-21H,1-2,7-10,17H2,(H,18,19). The Balaban J connectivity index is 2.42. The highest BCUT2D eigenvalue weighted by atomic mass is 35.5. The summed E-state index contributed by atoms with van der Waals surface area (Å²) in [6.45, 7) is 0.174. The van der Waals surface area contributed by atoms with E-state index in [9.17, 15) is 9.90 Å². The van der Waals surface area contributed by atoms with Crippen LogP contribution in [0.3, 0.4) is 0 Å². The Kier molecular flexibility index (Phi) is 7.68.